The molecule has 3 heteroatoms. The van der Waals surface area contributed by atoms with Gasteiger partial charge < -0.3 is 10.3 Å². The highest BCUT2D eigenvalue weighted by molar-refractivity contribution is 5.60. The topological polar surface area (TPSA) is 48.0 Å². The van der Waals surface area contributed by atoms with E-state index >= 15 is 0 Å². The van der Waals surface area contributed by atoms with Crippen LogP contribution in [0.1, 0.15) is 62.6 Å². The van der Waals surface area contributed by atoms with E-state index in [1.54, 1.807) is 0 Å². The Morgan fingerprint density at radius 3 is 2.30 bits per heavy atom. The first-order valence-electron chi connectivity index (χ1n) is 8.66. The van der Waals surface area contributed by atoms with E-state index in [1.807, 2.05) is 10.6 Å². The van der Waals surface area contributed by atoms with Gasteiger partial charge in [-0.3, -0.25) is 4.79 Å². The Kier molecular flexibility index (Phi) is 4.67. The second-order valence-electron chi connectivity index (χ2n) is 6.84. The van der Waals surface area contributed by atoms with E-state index in [0.29, 0.717) is 24.1 Å². The van der Waals surface area contributed by atoms with E-state index in [1.165, 1.54) is 18.4 Å². The lowest BCUT2D eigenvalue weighted by molar-refractivity contribution is 0.504. The second kappa shape index (κ2) is 6.71. The van der Waals surface area contributed by atoms with Crippen molar-refractivity contribution in [3.63, 3.8) is 0 Å². The molecule has 0 unspecified atom stereocenters. The molecule has 1 fully saturated rings. The van der Waals surface area contributed by atoms with Crippen LogP contribution in [0.2, 0.25) is 0 Å². The van der Waals surface area contributed by atoms with Crippen molar-refractivity contribution in [2.45, 2.75) is 58.0 Å². The molecule has 2 N–H and O–H groups in total. The minimum atomic E-state index is 0.0878. The van der Waals surface area contributed by atoms with E-state index in [0.717, 1.165) is 24.1 Å². The maximum Gasteiger partial charge on any atom is 0.255 e. The van der Waals surface area contributed by atoms with Crippen LogP contribution in [0, 0.1) is 0 Å². The van der Waals surface area contributed by atoms with Crippen molar-refractivity contribution < 1.29 is 0 Å². The molecular weight excluding hydrogens is 284 g/mol. The maximum absolute atomic E-state index is 12.8. The lowest BCUT2D eigenvalue weighted by Crippen LogP contribution is -2.29. The van der Waals surface area contributed by atoms with Gasteiger partial charge in [0.15, 0.2) is 0 Å². The Balaban J connectivity index is 2.10. The summed E-state index contributed by atoms with van der Waals surface area (Å²) >= 11 is 0. The SMILES string of the molecule is CC(C)c1ccc(-c2ccc(CN)c(=O)n2C2CCCC2)cc1. The summed E-state index contributed by atoms with van der Waals surface area (Å²) in [6, 6.07) is 12.9. The summed E-state index contributed by atoms with van der Waals surface area (Å²) in [6.45, 7) is 4.69. The quantitative estimate of drug-likeness (QED) is 0.919. The number of benzene rings is 1. The minimum Gasteiger partial charge on any atom is -0.326 e. The summed E-state index contributed by atoms with van der Waals surface area (Å²) in [7, 11) is 0. The van der Waals surface area contributed by atoms with Gasteiger partial charge in [0, 0.05) is 18.2 Å². The van der Waals surface area contributed by atoms with Crippen LogP contribution in [-0.4, -0.2) is 4.57 Å². The van der Waals surface area contributed by atoms with Gasteiger partial charge in [0.2, 0.25) is 0 Å². The zero-order chi connectivity index (χ0) is 16.4. The van der Waals surface area contributed by atoms with Crippen LogP contribution in [-0.2, 0) is 6.54 Å². The average Bonchev–Trinajstić information content (AvgIpc) is 3.08. The molecule has 1 aliphatic carbocycles. The highest BCUT2D eigenvalue weighted by atomic mass is 16.1. The molecule has 2 aromatic rings. The largest absolute Gasteiger partial charge is 0.326 e. The Bertz CT molecular complexity index is 722. The van der Waals surface area contributed by atoms with Gasteiger partial charge in [-0.05, 0) is 36.0 Å². The summed E-state index contributed by atoms with van der Waals surface area (Å²) < 4.78 is 2.00. The Morgan fingerprint density at radius 2 is 1.74 bits per heavy atom. The molecule has 122 valence electrons. The van der Waals surface area contributed by atoms with Crippen molar-refractivity contribution in [3.8, 4) is 11.3 Å². The van der Waals surface area contributed by atoms with Crippen LogP contribution >= 0.6 is 0 Å². The molecule has 1 aromatic carbocycles. The molecule has 0 aliphatic heterocycles. The third-order valence-electron chi connectivity index (χ3n) is 4.98. The van der Waals surface area contributed by atoms with Crippen molar-refractivity contribution in [1.29, 1.82) is 0 Å². The van der Waals surface area contributed by atoms with E-state index in [4.69, 9.17) is 5.73 Å². The third-order valence-corrected chi connectivity index (χ3v) is 4.98. The summed E-state index contributed by atoms with van der Waals surface area (Å²) in [5.41, 5.74) is 10.00. The number of hydrogen-bond donors (Lipinski definition) is 1. The standard InChI is InChI=1S/C20H26N2O/c1-14(2)15-7-9-16(10-8-15)19-12-11-17(13-21)20(23)22(19)18-5-3-4-6-18/h7-12,14,18H,3-6,13,21H2,1-2H3. The van der Waals surface area contributed by atoms with Crippen LogP contribution < -0.4 is 11.3 Å². The maximum atomic E-state index is 12.8. The highest BCUT2D eigenvalue weighted by Crippen LogP contribution is 2.32. The lowest BCUT2D eigenvalue weighted by atomic mass is 10.00. The van der Waals surface area contributed by atoms with Crippen LogP contribution in [0.4, 0.5) is 0 Å². The van der Waals surface area contributed by atoms with Crippen LogP contribution in [0.3, 0.4) is 0 Å². The van der Waals surface area contributed by atoms with E-state index in [9.17, 15) is 4.79 Å². The number of nitrogens with zero attached hydrogens (tertiary/aromatic N) is 1. The first kappa shape index (κ1) is 16.0. The molecule has 3 nitrogen and oxygen atoms in total. The molecule has 1 aliphatic rings. The molecule has 1 saturated carbocycles. The first-order chi connectivity index (χ1) is 11.1. The summed E-state index contributed by atoms with van der Waals surface area (Å²) in [5.74, 6) is 0.515. The number of pyridine rings is 1. The van der Waals surface area contributed by atoms with Crippen molar-refractivity contribution in [1.82, 2.24) is 4.57 Å². The molecule has 0 amide bonds. The molecule has 0 saturated heterocycles. The summed E-state index contributed by atoms with van der Waals surface area (Å²) in [5, 5.41) is 0. The monoisotopic (exact) mass is 310 g/mol. The van der Waals surface area contributed by atoms with E-state index in [-0.39, 0.29) is 5.56 Å². The van der Waals surface area contributed by atoms with E-state index < -0.39 is 0 Å². The molecule has 0 atom stereocenters. The average molecular weight is 310 g/mol. The van der Waals surface area contributed by atoms with Crippen molar-refractivity contribution in [3.05, 3.63) is 57.9 Å². The lowest BCUT2D eigenvalue weighted by Gasteiger charge is -2.20. The fourth-order valence-corrected chi connectivity index (χ4v) is 3.55. The van der Waals surface area contributed by atoms with Crippen LogP contribution in [0.15, 0.2) is 41.2 Å². The van der Waals surface area contributed by atoms with Crippen molar-refractivity contribution in [2.75, 3.05) is 0 Å². The highest BCUT2D eigenvalue weighted by Gasteiger charge is 2.22. The smallest absolute Gasteiger partial charge is 0.255 e. The van der Waals surface area contributed by atoms with Gasteiger partial charge in [0.1, 0.15) is 0 Å². The molecule has 0 radical (unpaired) electrons. The van der Waals surface area contributed by atoms with Crippen molar-refractivity contribution >= 4 is 0 Å². The molecule has 1 aromatic heterocycles. The van der Waals surface area contributed by atoms with Gasteiger partial charge in [-0.15, -0.1) is 0 Å². The fourth-order valence-electron chi connectivity index (χ4n) is 3.55. The predicted octanol–water partition coefficient (Wildman–Crippen LogP) is 4.21. The molecule has 0 bridgehead atoms. The van der Waals surface area contributed by atoms with Gasteiger partial charge in [0.25, 0.3) is 5.56 Å². The molecular formula is C20H26N2O. The summed E-state index contributed by atoms with van der Waals surface area (Å²) in [6.07, 6.45) is 4.58. The predicted molar refractivity (Wildman–Crippen MR) is 95.6 cm³/mol. The van der Waals surface area contributed by atoms with Gasteiger partial charge in [-0.2, -0.15) is 0 Å². The third kappa shape index (κ3) is 3.11. The number of hydrogen-bond acceptors (Lipinski definition) is 2. The fraction of sp³-hybridized carbons (Fsp3) is 0.450. The van der Waals surface area contributed by atoms with Gasteiger partial charge in [0.05, 0.1) is 5.69 Å². The van der Waals surface area contributed by atoms with Gasteiger partial charge in [-0.1, -0.05) is 57.0 Å². The summed E-state index contributed by atoms with van der Waals surface area (Å²) in [4.78, 5) is 12.8. The zero-order valence-corrected chi connectivity index (χ0v) is 14.1. The second-order valence-corrected chi connectivity index (χ2v) is 6.84. The first-order valence-corrected chi connectivity index (χ1v) is 8.66. The minimum absolute atomic E-state index is 0.0878. The molecule has 3 rings (SSSR count). The van der Waals surface area contributed by atoms with Crippen LogP contribution in [0.25, 0.3) is 11.3 Å². The molecule has 0 spiro atoms. The van der Waals surface area contributed by atoms with Crippen molar-refractivity contribution in [2.24, 2.45) is 5.73 Å². The van der Waals surface area contributed by atoms with E-state index in [2.05, 4.69) is 44.2 Å². The Morgan fingerprint density at radius 1 is 1.09 bits per heavy atom. The molecule has 23 heavy (non-hydrogen) atoms. The Hall–Kier alpha value is -1.87. The zero-order valence-electron chi connectivity index (χ0n) is 14.1. The number of nitrogens with two attached hydrogens (primary N) is 1. The molecule has 1 heterocycles. The number of rotatable bonds is 4. The number of aromatic nitrogens is 1. The van der Waals surface area contributed by atoms with Gasteiger partial charge in [-0.25, -0.2) is 0 Å². The van der Waals surface area contributed by atoms with Gasteiger partial charge >= 0.3 is 0 Å². The Labute approximate surface area is 138 Å². The van der Waals surface area contributed by atoms with Crippen LogP contribution in [0.5, 0.6) is 0 Å². The normalized spacial score (nSPS) is 15.5.